The van der Waals surface area contributed by atoms with Gasteiger partial charge < -0.3 is 0 Å². The lowest BCUT2D eigenvalue weighted by atomic mass is 9.97. The van der Waals surface area contributed by atoms with Crippen molar-refractivity contribution in [2.24, 2.45) is 11.3 Å². The third-order valence-electron chi connectivity index (χ3n) is 1.95. The van der Waals surface area contributed by atoms with Crippen LogP contribution in [0.4, 0.5) is 0 Å². The van der Waals surface area contributed by atoms with Gasteiger partial charge in [-0.15, -0.1) is 0 Å². The lowest BCUT2D eigenvalue weighted by Gasteiger charge is -2.17. The SMILES string of the molecule is CC(C)Cc1ccn(CC(C)(C)C)n1. The van der Waals surface area contributed by atoms with E-state index < -0.39 is 0 Å². The summed E-state index contributed by atoms with van der Waals surface area (Å²) in [6.07, 6.45) is 3.17. The second-order valence-electron chi connectivity index (χ2n) is 5.66. The zero-order valence-corrected chi connectivity index (χ0v) is 10.0. The summed E-state index contributed by atoms with van der Waals surface area (Å²) in [5.41, 5.74) is 1.52. The van der Waals surface area contributed by atoms with E-state index in [0.717, 1.165) is 13.0 Å². The molecule has 0 aromatic carbocycles. The van der Waals surface area contributed by atoms with Gasteiger partial charge in [0.05, 0.1) is 5.69 Å². The number of hydrogen-bond acceptors (Lipinski definition) is 1. The molecule has 80 valence electrons. The first kappa shape index (κ1) is 11.3. The second-order valence-corrected chi connectivity index (χ2v) is 5.66. The number of nitrogens with zero attached hydrogens (tertiary/aromatic N) is 2. The van der Waals surface area contributed by atoms with Gasteiger partial charge >= 0.3 is 0 Å². The summed E-state index contributed by atoms with van der Waals surface area (Å²) >= 11 is 0. The highest BCUT2D eigenvalue weighted by molar-refractivity contribution is 4.99. The van der Waals surface area contributed by atoms with E-state index in [1.807, 2.05) is 0 Å². The highest BCUT2D eigenvalue weighted by Crippen LogP contribution is 2.16. The normalized spacial score (nSPS) is 12.4. The van der Waals surface area contributed by atoms with Crippen molar-refractivity contribution in [3.05, 3.63) is 18.0 Å². The Morgan fingerprint density at radius 1 is 1.36 bits per heavy atom. The van der Waals surface area contributed by atoms with E-state index in [1.165, 1.54) is 5.69 Å². The molecular weight excluding hydrogens is 172 g/mol. The van der Waals surface area contributed by atoms with Crippen LogP contribution in [0, 0.1) is 11.3 Å². The van der Waals surface area contributed by atoms with E-state index >= 15 is 0 Å². The summed E-state index contributed by atoms with van der Waals surface area (Å²) in [6, 6.07) is 2.13. The fraction of sp³-hybridized carbons (Fsp3) is 0.750. The van der Waals surface area contributed by atoms with Crippen LogP contribution in [0.5, 0.6) is 0 Å². The minimum absolute atomic E-state index is 0.307. The minimum Gasteiger partial charge on any atom is -0.272 e. The Morgan fingerprint density at radius 3 is 2.50 bits per heavy atom. The zero-order valence-electron chi connectivity index (χ0n) is 10.0. The van der Waals surface area contributed by atoms with Crippen LogP contribution in [0.25, 0.3) is 0 Å². The highest BCUT2D eigenvalue weighted by atomic mass is 15.3. The fourth-order valence-electron chi connectivity index (χ4n) is 1.50. The summed E-state index contributed by atoms with van der Waals surface area (Å²) in [4.78, 5) is 0. The lowest BCUT2D eigenvalue weighted by molar-refractivity contribution is 0.324. The molecule has 0 aliphatic rings. The fourth-order valence-corrected chi connectivity index (χ4v) is 1.50. The van der Waals surface area contributed by atoms with Crippen LogP contribution in [0.1, 0.15) is 40.3 Å². The molecule has 1 aromatic rings. The van der Waals surface area contributed by atoms with Crippen molar-refractivity contribution >= 4 is 0 Å². The Kier molecular flexibility index (Phi) is 3.35. The average molecular weight is 194 g/mol. The molecule has 0 bridgehead atoms. The maximum Gasteiger partial charge on any atom is 0.0627 e. The molecule has 0 fully saturated rings. The van der Waals surface area contributed by atoms with Gasteiger partial charge in [-0.3, -0.25) is 4.68 Å². The molecule has 2 nitrogen and oxygen atoms in total. The Morgan fingerprint density at radius 2 is 2.00 bits per heavy atom. The van der Waals surface area contributed by atoms with Gasteiger partial charge in [0.15, 0.2) is 0 Å². The van der Waals surface area contributed by atoms with Crippen LogP contribution in [-0.2, 0) is 13.0 Å². The van der Waals surface area contributed by atoms with Crippen LogP contribution < -0.4 is 0 Å². The maximum absolute atomic E-state index is 4.55. The van der Waals surface area contributed by atoms with Gasteiger partial charge in [-0.25, -0.2) is 0 Å². The molecule has 0 aliphatic heterocycles. The molecule has 2 heteroatoms. The van der Waals surface area contributed by atoms with Crippen LogP contribution in [0.3, 0.4) is 0 Å². The van der Waals surface area contributed by atoms with Crippen molar-refractivity contribution in [3.63, 3.8) is 0 Å². The van der Waals surface area contributed by atoms with Gasteiger partial charge in [0.1, 0.15) is 0 Å². The molecule has 0 aliphatic carbocycles. The Bertz CT molecular complexity index is 279. The van der Waals surface area contributed by atoms with E-state index in [2.05, 4.69) is 56.7 Å². The van der Waals surface area contributed by atoms with Crippen LogP contribution >= 0.6 is 0 Å². The third-order valence-corrected chi connectivity index (χ3v) is 1.95. The smallest absolute Gasteiger partial charge is 0.0627 e. The molecule has 1 aromatic heterocycles. The molecule has 1 rings (SSSR count). The monoisotopic (exact) mass is 194 g/mol. The summed E-state index contributed by atoms with van der Waals surface area (Å²) in [7, 11) is 0. The topological polar surface area (TPSA) is 17.8 Å². The molecule has 0 unspecified atom stereocenters. The second kappa shape index (κ2) is 4.16. The van der Waals surface area contributed by atoms with Crippen molar-refractivity contribution in [3.8, 4) is 0 Å². The van der Waals surface area contributed by atoms with Crippen molar-refractivity contribution in [2.75, 3.05) is 0 Å². The third kappa shape index (κ3) is 3.95. The zero-order chi connectivity index (χ0) is 10.8. The molecule has 1 heterocycles. The predicted octanol–water partition coefficient (Wildman–Crippen LogP) is 3.13. The molecular formula is C12H22N2. The first-order chi connectivity index (χ1) is 6.37. The quantitative estimate of drug-likeness (QED) is 0.723. The van der Waals surface area contributed by atoms with Gasteiger partial charge in [0, 0.05) is 12.7 Å². The first-order valence-electron chi connectivity index (χ1n) is 5.39. The van der Waals surface area contributed by atoms with Crippen molar-refractivity contribution < 1.29 is 0 Å². The van der Waals surface area contributed by atoms with Crippen LogP contribution in [0.2, 0.25) is 0 Å². The molecule has 14 heavy (non-hydrogen) atoms. The molecule has 0 radical (unpaired) electrons. The molecule has 0 amide bonds. The van der Waals surface area contributed by atoms with Crippen LogP contribution in [-0.4, -0.2) is 9.78 Å². The summed E-state index contributed by atoms with van der Waals surface area (Å²) in [5, 5.41) is 4.55. The minimum atomic E-state index is 0.307. The number of rotatable bonds is 3. The van der Waals surface area contributed by atoms with E-state index in [9.17, 15) is 0 Å². The van der Waals surface area contributed by atoms with Gasteiger partial charge in [0.2, 0.25) is 0 Å². The van der Waals surface area contributed by atoms with Crippen molar-refractivity contribution in [1.82, 2.24) is 9.78 Å². The van der Waals surface area contributed by atoms with Crippen LogP contribution in [0.15, 0.2) is 12.3 Å². The molecule has 0 saturated heterocycles. The van der Waals surface area contributed by atoms with E-state index in [1.54, 1.807) is 0 Å². The molecule has 0 N–H and O–H groups in total. The lowest BCUT2D eigenvalue weighted by Crippen LogP contribution is -2.16. The maximum atomic E-state index is 4.55. The summed E-state index contributed by atoms with van der Waals surface area (Å²) in [5.74, 6) is 0.688. The van der Waals surface area contributed by atoms with Gasteiger partial charge in [-0.1, -0.05) is 34.6 Å². The highest BCUT2D eigenvalue weighted by Gasteiger charge is 2.12. The standard InChI is InChI=1S/C12H22N2/c1-10(2)8-11-6-7-14(13-11)9-12(3,4)5/h6-7,10H,8-9H2,1-5H3. The molecule has 0 atom stereocenters. The van der Waals surface area contributed by atoms with E-state index in [4.69, 9.17) is 0 Å². The van der Waals surface area contributed by atoms with Gasteiger partial charge in [-0.2, -0.15) is 5.10 Å². The van der Waals surface area contributed by atoms with Crippen molar-refractivity contribution in [1.29, 1.82) is 0 Å². The van der Waals surface area contributed by atoms with Gasteiger partial charge in [0.25, 0.3) is 0 Å². The number of hydrogen-bond donors (Lipinski definition) is 0. The Balaban J connectivity index is 2.60. The largest absolute Gasteiger partial charge is 0.272 e. The average Bonchev–Trinajstić information content (AvgIpc) is 2.30. The Hall–Kier alpha value is -0.790. The van der Waals surface area contributed by atoms with Crippen molar-refractivity contribution in [2.45, 2.75) is 47.6 Å². The number of aromatic nitrogens is 2. The Labute approximate surface area is 87.3 Å². The van der Waals surface area contributed by atoms with Gasteiger partial charge in [-0.05, 0) is 23.8 Å². The summed E-state index contributed by atoms with van der Waals surface area (Å²) < 4.78 is 2.05. The van der Waals surface area contributed by atoms with E-state index in [-0.39, 0.29) is 0 Å². The predicted molar refractivity (Wildman–Crippen MR) is 60.2 cm³/mol. The molecule has 0 saturated carbocycles. The first-order valence-corrected chi connectivity index (χ1v) is 5.39. The van der Waals surface area contributed by atoms with E-state index in [0.29, 0.717) is 11.3 Å². The summed E-state index contributed by atoms with van der Waals surface area (Å²) in [6.45, 7) is 12.1. The molecule has 0 spiro atoms.